The van der Waals surface area contributed by atoms with Crippen LogP contribution in [-0.2, 0) is 4.74 Å². The van der Waals surface area contributed by atoms with Crippen LogP contribution in [0.3, 0.4) is 0 Å². The summed E-state index contributed by atoms with van der Waals surface area (Å²) in [5, 5.41) is 4.57. The Labute approximate surface area is 197 Å². The van der Waals surface area contributed by atoms with E-state index in [1.165, 1.54) is 11.3 Å². The third kappa shape index (κ3) is 5.30. The van der Waals surface area contributed by atoms with Gasteiger partial charge in [0.05, 0.1) is 32.1 Å². The molecule has 6 nitrogen and oxygen atoms in total. The third-order valence-corrected chi connectivity index (χ3v) is 6.96. The molecule has 3 aromatic rings. The Morgan fingerprint density at radius 2 is 2.00 bits per heavy atom. The number of thiazole rings is 1. The molecule has 1 atom stereocenters. The maximum absolute atomic E-state index is 13.1. The average Bonchev–Trinajstić information content (AvgIpc) is 3.22. The molecule has 1 fully saturated rings. The quantitative estimate of drug-likeness (QED) is 0.546. The highest BCUT2D eigenvalue weighted by molar-refractivity contribution is 7.17. The number of nitrogens with zero attached hydrogens (tertiary/aromatic N) is 2. The average molecular weight is 472 g/mol. The number of nitrogens with one attached hydrogen (secondary N) is 1. The lowest BCUT2D eigenvalue weighted by atomic mass is 10.0. The number of halogens is 1. The molecule has 0 radical (unpaired) electrons. The van der Waals surface area contributed by atoms with Crippen LogP contribution in [0.2, 0.25) is 5.02 Å². The topological polar surface area (TPSA) is 63.7 Å². The maximum atomic E-state index is 13.1. The number of ether oxygens (including phenoxy) is 2. The molecule has 1 amide bonds. The number of morpholine rings is 1. The summed E-state index contributed by atoms with van der Waals surface area (Å²) in [7, 11) is 1.66. The van der Waals surface area contributed by atoms with Crippen LogP contribution in [0.4, 0.5) is 0 Å². The SMILES string of the molecule is COc1ccc(C(CNC(=O)c2sc(-c3cccc(Cl)c3)nc2C)N2CCOCC2)cc1. The lowest BCUT2D eigenvalue weighted by Crippen LogP contribution is -2.43. The molecule has 1 unspecified atom stereocenters. The predicted molar refractivity (Wildman–Crippen MR) is 128 cm³/mol. The van der Waals surface area contributed by atoms with Crippen LogP contribution in [0.15, 0.2) is 48.5 Å². The van der Waals surface area contributed by atoms with E-state index in [4.69, 9.17) is 21.1 Å². The van der Waals surface area contributed by atoms with E-state index in [2.05, 4.69) is 27.3 Å². The van der Waals surface area contributed by atoms with Gasteiger partial charge in [0.15, 0.2) is 0 Å². The number of amides is 1. The molecule has 8 heteroatoms. The second-order valence-corrected chi connectivity index (χ2v) is 9.03. The smallest absolute Gasteiger partial charge is 0.263 e. The van der Waals surface area contributed by atoms with Gasteiger partial charge >= 0.3 is 0 Å². The van der Waals surface area contributed by atoms with Crippen LogP contribution >= 0.6 is 22.9 Å². The number of hydrogen-bond acceptors (Lipinski definition) is 6. The first-order valence-electron chi connectivity index (χ1n) is 10.5. The first-order valence-corrected chi connectivity index (χ1v) is 11.7. The standard InChI is InChI=1S/C24H26ClN3O3S/c1-16-22(32-24(27-16)18-4-3-5-19(25)14-18)23(29)26-15-21(28-10-12-31-13-11-28)17-6-8-20(30-2)9-7-17/h3-9,14,21H,10-13,15H2,1-2H3,(H,26,29). The Kier molecular flexibility index (Phi) is 7.42. The summed E-state index contributed by atoms with van der Waals surface area (Å²) >= 11 is 7.50. The van der Waals surface area contributed by atoms with Crippen molar-refractivity contribution < 1.29 is 14.3 Å². The molecule has 0 spiro atoms. The van der Waals surface area contributed by atoms with Crippen molar-refractivity contribution in [3.63, 3.8) is 0 Å². The summed E-state index contributed by atoms with van der Waals surface area (Å²) in [4.78, 5) is 20.6. The molecule has 168 valence electrons. The van der Waals surface area contributed by atoms with Crippen LogP contribution in [0.5, 0.6) is 5.75 Å². The Morgan fingerprint density at radius 1 is 1.25 bits per heavy atom. The first-order chi connectivity index (χ1) is 15.5. The fourth-order valence-electron chi connectivity index (χ4n) is 3.79. The van der Waals surface area contributed by atoms with E-state index < -0.39 is 0 Å². The molecule has 1 saturated heterocycles. The van der Waals surface area contributed by atoms with Gasteiger partial charge in [-0.05, 0) is 36.8 Å². The summed E-state index contributed by atoms with van der Waals surface area (Å²) in [6, 6.07) is 15.6. The zero-order chi connectivity index (χ0) is 22.5. The van der Waals surface area contributed by atoms with E-state index in [-0.39, 0.29) is 11.9 Å². The van der Waals surface area contributed by atoms with Crippen molar-refractivity contribution in [2.24, 2.45) is 0 Å². The molecular formula is C24H26ClN3O3S. The number of rotatable bonds is 7. The monoisotopic (exact) mass is 471 g/mol. The molecule has 32 heavy (non-hydrogen) atoms. The van der Waals surface area contributed by atoms with Gasteiger partial charge in [0, 0.05) is 30.2 Å². The molecule has 2 aromatic carbocycles. The summed E-state index contributed by atoms with van der Waals surface area (Å²) in [6.45, 7) is 5.39. The lowest BCUT2D eigenvalue weighted by Gasteiger charge is -2.35. The molecule has 0 bridgehead atoms. The minimum absolute atomic E-state index is 0.0504. The van der Waals surface area contributed by atoms with Crippen molar-refractivity contribution >= 4 is 28.8 Å². The Bertz CT molecular complexity index is 1060. The van der Waals surface area contributed by atoms with Crippen LogP contribution in [0.25, 0.3) is 10.6 Å². The van der Waals surface area contributed by atoms with Gasteiger partial charge in [-0.2, -0.15) is 0 Å². The van der Waals surface area contributed by atoms with Crippen molar-refractivity contribution in [1.29, 1.82) is 0 Å². The number of methoxy groups -OCH3 is 1. The maximum Gasteiger partial charge on any atom is 0.263 e. The van der Waals surface area contributed by atoms with E-state index >= 15 is 0 Å². The largest absolute Gasteiger partial charge is 0.497 e. The predicted octanol–water partition coefficient (Wildman–Crippen LogP) is 4.58. The number of carbonyl (C=O) groups is 1. The molecule has 0 saturated carbocycles. The van der Waals surface area contributed by atoms with E-state index in [9.17, 15) is 4.79 Å². The van der Waals surface area contributed by atoms with E-state index in [1.807, 2.05) is 43.3 Å². The fraction of sp³-hybridized carbons (Fsp3) is 0.333. The minimum atomic E-state index is -0.111. The highest BCUT2D eigenvalue weighted by atomic mass is 35.5. The van der Waals surface area contributed by atoms with Crippen LogP contribution < -0.4 is 10.1 Å². The van der Waals surface area contributed by atoms with Gasteiger partial charge in [0.2, 0.25) is 0 Å². The van der Waals surface area contributed by atoms with Crippen molar-refractivity contribution in [3.8, 4) is 16.3 Å². The summed E-state index contributed by atoms with van der Waals surface area (Å²) in [5.74, 6) is 0.701. The molecule has 1 aliphatic rings. The van der Waals surface area contributed by atoms with Crippen molar-refractivity contribution in [1.82, 2.24) is 15.2 Å². The van der Waals surface area contributed by atoms with Crippen molar-refractivity contribution in [3.05, 3.63) is 69.7 Å². The lowest BCUT2D eigenvalue weighted by molar-refractivity contribution is 0.0162. The van der Waals surface area contributed by atoms with Gasteiger partial charge < -0.3 is 14.8 Å². The van der Waals surface area contributed by atoms with Gasteiger partial charge in [-0.15, -0.1) is 11.3 Å². The molecule has 1 N–H and O–H groups in total. The summed E-state index contributed by atoms with van der Waals surface area (Å²) < 4.78 is 10.8. The van der Waals surface area contributed by atoms with Crippen LogP contribution in [-0.4, -0.2) is 55.7 Å². The van der Waals surface area contributed by atoms with E-state index in [1.54, 1.807) is 7.11 Å². The van der Waals surface area contributed by atoms with Gasteiger partial charge in [0.1, 0.15) is 15.6 Å². The number of aryl methyl sites for hydroxylation is 1. The van der Waals surface area contributed by atoms with Gasteiger partial charge in [0.25, 0.3) is 5.91 Å². The third-order valence-electron chi connectivity index (χ3n) is 5.52. The van der Waals surface area contributed by atoms with E-state index in [0.29, 0.717) is 29.7 Å². The van der Waals surface area contributed by atoms with Crippen molar-refractivity contribution in [2.45, 2.75) is 13.0 Å². The number of benzene rings is 2. The highest BCUT2D eigenvalue weighted by Crippen LogP contribution is 2.30. The van der Waals surface area contributed by atoms with Gasteiger partial charge in [-0.3, -0.25) is 9.69 Å². The Morgan fingerprint density at radius 3 is 2.69 bits per heavy atom. The normalized spacial score (nSPS) is 15.3. The Balaban J connectivity index is 1.50. The molecule has 4 rings (SSSR count). The minimum Gasteiger partial charge on any atom is -0.497 e. The number of carbonyl (C=O) groups excluding carboxylic acids is 1. The highest BCUT2D eigenvalue weighted by Gasteiger charge is 2.24. The van der Waals surface area contributed by atoms with Crippen LogP contribution in [0, 0.1) is 6.92 Å². The zero-order valence-corrected chi connectivity index (χ0v) is 19.7. The summed E-state index contributed by atoms with van der Waals surface area (Å²) in [5.41, 5.74) is 2.76. The molecule has 1 aliphatic heterocycles. The second-order valence-electron chi connectivity index (χ2n) is 7.59. The zero-order valence-electron chi connectivity index (χ0n) is 18.1. The van der Waals surface area contributed by atoms with Crippen LogP contribution in [0.1, 0.15) is 27.0 Å². The number of aromatic nitrogens is 1. The van der Waals surface area contributed by atoms with E-state index in [0.717, 1.165) is 40.7 Å². The fourth-order valence-corrected chi connectivity index (χ4v) is 4.96. The molecule has 1 aromatic heterocycles. The van der Waals surface area contributed by atoms with Gasteiger partial charge in [-0.1, -0.05) is 35.9 Å². The molecule has 0 aliphatic carbocycles. The number of hydrogen-bond donors (Lipinski definition) is 1. The molecule has 2 heterocycles. The van der Waals surface area contributed by atoms with Gasteiger partial charge in [-0.25, -0.2) is 4.98 Å². The first kappa shape index (κ1) is 22.7. The second kappa shape index (κ2) is 10.4. The molecular weight excluding hydrogens is 446 g/mol. The van der Waals surface area contributed by atoms with Crippen molar-refractivity contribution in [2.75, 3.05) is 40.0 Å². The Hall–Kier alpha value is -2.45. The summed E-state index contributed by atoms with van der Waals surface area (Å²) in [6.07, 6.45) is 0.